The molecule has 2 N–H and O–H groups in total. The Morgan fingerprint density at radius 2 is 2.00 bits per heavy atom. The number of morpholine rings is 1. The summed E-state index contributed by atoms with van der Waals surface area (Å²) in [5.74, 6) is -1.56. The molecule has 1 aromatic heterocycles. The minimum atomic E-state index is -4.22. The molecule has 1 aliphatic heterocycles. The standard InChI is InChI=1S/C15H17FN4O4S2/c1-10-13(25-15(17-10)20-6-8-24-9-7-20)14(21)18-19-26(22,23)12-5-3-2-4-11(12)16/h2-5,19H,6-9H2,1H3,(H,18,21). The minimum absolute atomic E-state index is 0.280. The fourth-order valence-electron chi connectivity index (χ4n) is 2.37. The van der Waals surface area contributed by atoms with Crippen LogP contribution in [0.3, 0.4) is 0 Å². The second-order valence-electron chi connectivity index (χ2n) is 5.50. The number of halogens is 1. The molecule has 0 radical (unpaired) electrons. The van der Waals surface area contributed by atoms with Crippen LogP contribution in [0.5, 0.6) is 0 Å². The van der Waals surface area contributed by atoms with E-state index in [4.69, 9.17) is 4.74 Å². The molecule has 0 spiro atoms. The van der Waals surface area contributed by atoms with E-state index in [0.29, 0.717) is 37.1 Å². The van der Waals surface area contributed by atoms with Crippen LogP contribution in [0.4, 0.5) is 9.52 Å². The number of carbonyl (C=O) groups is 1. The first-order valence-electron chi connectivity index (χ1n) is 7.75. The average molecular weight is 400 g/mol. The third-order valence-electron chi connectivity index (χ3n) is 3.70. The fourth-order valence-corrected chi connectivity index (χ4v) is 4.30. The predicted octanol–water partition coefficient (Wildman–Crippen LogP) is 1.05. The maximum absolute atomic E-state index is 13.7. The summed E-state index contributed by atoms with van der Waals surface area (Å²) in [6, 6.07) is 4.90. The van der Waals surface area contributed by atoms with E-state index in [1.165, 1.54) is 12.1 Å². The summed E-state index contributed by atoms with van der Waals surface area (Å²) in [5, 5.41) is 0.674. The van der Waals surface area contributed by atoms with Crippen LogP contribution in [0.25, 0.3) is 0 Å². The molecule has 1 aromatic carbocycles. The first-order chi connectivity index (χ1) is 12.4. The fraction of sp³-hybridized carbons (Fsp3) is 0.333. The van der Waals surface area contributed by atoms with E-state index >= 15 is 0 Å². The van der Waals surface area contributed by atoms with Crippen LogP contribution in [-0.2, 0) is 14.8 Å². The van der Waals surface area contributed by atoms with Gasteiger partial charge < -0.3 is 9.64 Å². The molecule has 0 bridgehead atoms. The third kappa shape index (κ3) is 4.01. The first-order valence-corrected chi connectivity index (χ1v) is 10.1. The molecule has 1 saturated heterocycles. The number of sulfonamides is 1. The number of aromatic nitrogens is 1. The number of anilines is 1. The zero-order valence-corrected chi connectivity index (χ0v) is 15.5. The SMILES string of the molecule is Cc1nc(N2CCOCC2)sc1C(=O)NNS(=O)(=O)c1ccccc1F. The number of ether oxygens (including phenoxy) is 1. The van der Waals surface area contributed by atoms with Crippen molar-refractivity contribution in [2.45, 2.75) is 11.8 Å². The van der Waals surface area contributed by atoms with Gasteiger partial charge in [0.05, 0.1) is 18.9 Å². The number of nitrogens with zero attached hydrogens (tertiary/aromatic N) is 2. The molecule has 0 unspecified atom stereocenters. The molecule has 0 atom stereocenters. The molecule has 140 valence electrons. The van der Waals surface area contributed by atoms with Crippen molar-refractivity contribution in [1.82, 2.24) is 15.2 Å². The van der Waals surface area contributed by atoms with E-state index in [1.54, 1.807) is 6.92 Å². The van der Waals surface area contributed by atoms with E-state index in [1.807, 2.05) is 9.73 Å². The van der Waals surface area contributed by atoms with Gasteiger partial charge in [-0.1, -0.05) is 23.5 Å². The highest BCUT2D eigenvalue weighted by Gasteiger charge is 2.23. The number of rotatable bonds is 5. The highest BCUT2D eigenvalue weighted by molar-refractivity contribution is 7.89. The average Bonchev–Trinajstić information content (AvgIpc) is 3.03. The summed E-state index contributed by atoms with van der Waals surface area (Å²) >= 11 is 1.16. The minimum Gasteiger partial charge on any atom is -0.378 e. The summed E-state index contributed by atoms with van der Waals surface area (Å²) in [4.78, 5) is 20.3. The van der Waals surface area contributed by atoms with Gasteiger partial charge in [-0.15, -0.1) is 4.83 Å². The van der Waals surface area contributed by atoms with Crippen molar-refractivity contribution in [2.75, 3.05) is 31.2 Å². The van der Waals surface area contributed by atoms with Crippen LogP contribution >= 0.6 is 11.3 Å². The Labute approximate surface area is 154 Å². The molecular formula is C15H17FN4O4S2. The number of carbonyl (C=O) groups excluding carboxylic acids is 1. The lowest BCUT2D eigenvalue weighted by Gasteiger charge is -2.25. The lowest BCUT2D eigenvalue weighted by molar-refractivity contribution is 0.0948. The quantitative estimate of drug-likeness (QED) is 0.728. The number of thiazole rings is 1. The second-order valence-corrected chi connectivity index (χ2v) is 8.13. The lowest BCUT2D eigenvalue weighted by atomic mass is 10.4. The van der Waals surface area contributed by atoms with Crippen molar-refractivity contribution in [3.8, 4) is 0 Å². The number of hydrazine groups is 1. The zero-order chi connectivity index (χ0) is 18.7. The van der Waals surface area contributed by atoms with Gasteiger partial charge in [0, 0.05) is 13.1 Å². The van der Waals surface area contributed by atoms with E-state index in [0.717, 1.165) is 23.5 Å². The summed E-state index contributed by atoms with van der Waals surface area (Å²) in [6.07, 6.45) is 0. The van der Waals surface area contributed by atoms with E-state index in [9.17, 15) is 17.6 Å². The molecule has 0 aliphatic carbocycles. The monoisotopic (exact) mass is 400 g/mol. The smallest absolute Gasteiger partial charge is 0.278 e. The number of amides is 1. The van der Waals surface area contributed by atoms with Crippen molar-refractivity contribution < 1.29 is 22.3 Å². The van der Waals surface area contributed by atoms with Gasteiger partial charge in [0.25, 0.3) is 15.9 Å². The van der Waals surface area contributed by atoms with Crippen molar-refractivity contribution in [2.24, 2.45) is 0 Å². The Balaban J connectivity index is 1.70. The van der Waals surface area contributed by atoms with Gasteiger partial charge in [0.2, 0.25) is 0 Å². The third-order valence-corrected chi connectivity index (χ3v) is 6.20. The van der Waals surface area contributed by atoms with Gasteiger partial charge in [-0.25, -0.2) is 17.8 Å². The van der Waals surface area contributed by atoms with Crippen LogP contribution in [-0.4, -0.2) is 45.6 Å². The largest absolute Gasteiger partial charge is 0.378 e. The van der Waals surface area contributed by atoms with E-state index in [2.05, 4.69) is 10.4 Å². The van der Waals surface area contributed by atoms with Crippen LogP contribution in [0, 0.1) is 12.7 Å². The topological polar surface area (TPSA) is 101 Å². The second kappa shape index (κ2) is 7.66. The van der Waals surface area contributed by atoms with Gasteiger partial charge >= 0.3 is 0 Å². The lowest BCUT2D eigenvalue weighted by Crippen LogP contribution is -2.41. The number of hydrogen-bond acceptors (Lipinski definition) is 7. The summed E-state index contributed by atoms with van der Waals surface area (Å²) in [5.41, 5.74) is 2.59. The van der Waals surface area contributed by atoms with Crippen LogP contribution < -0.4 is 15.2 Å². The van der Waals surface area contributed by atoms with Gasteiger partial charge in [-0.05, 0) is 19.1 Å². The zero-order valence-electron chi connectivity index (χ0n) is 13.9. The van der Waals surface area contributed by atoms with Crippen molar-refractivity contribution in [3.63, 3.8) is 0 Å². The van der Waals surface area contributed by atoms with E-state index in [-0.39, 0.29) is 4.88 Å². The van der Waals surface area contributed by atoms with Gasteiger partial charge in [-0.3, -0.25) is 10.2 Å². The number of nitrogens with one attached hydrogen (secondary N) is 2. The maximum Gasteiger partial charge on any atom is 0.278 e. The molecule has 26 heavy (non-hydrogen) atoms. The van der Waals surface area contributed by atoms with Crippen LogP contribution in [0.2, 0.25) is 0 Å². The summed E-state index contributed by atoms with van der Waals surface area (Å²) < 4.78 is 43.2. The molecule has 1 fully saturated rings. The van der Waals surface area contributed by atoms with Crippen LogP contribution in [0.15, 0.2) is 29.2 Å². The maximum atomic E-state index is 13.7. The van der Waals surface area contributed by atoms with Crippen LogP contribution in [0.1, 0.15) is 15.4 Å². The molecule has 11 heteroatoms. The Kier molecular flexibility index (Phi) is 5.51. The molecule has 2 aromatic rings. The first kappa shape index (κ1) is 18.7. The van der Waals surface area contributed by atoms with Crippen molar-refractivity contribution in [3.05, 3.63) is 40.7 Å². The van der Waals surface area contributed by atoms with Crippen molar-refractivity contribution >= 4 is 32.4 Å². The number of benzene rings is 1. The molecular weight excluding hydrogens is 383 g/mol. The number of aryl methyl sites for hydroxylation is 1. The Bertz CT molecular complexity index is 910. The normalized spacial score (nSPS) is 15.1. The predicted molar refractivity (Wildman–Crippen MR) is 94.1 cm³/mol. The molecule has 2 heterocycles. The molecule has 0 saturated carbocycles. The Hall–Kier alpha value is -2.08. The molecule has 8 nitrogen and oxygen atoms in total. The van der Waals surface area contributed by atoms with Gasteiger partial charge in [0.1, 0.15) is 15.6 Å². The van der Waals surface area contributed by atoms with Gasteiger partial charge in [-0.2, -0.15) is 0 Å². The van der Waals surface area contributed by atoms with E-state index < -0.39 is 26.6 Å². The molecule has 1 aliphatic rings. The highest BCUT2D eigenvalue weighted by atomic mass is 32.2. The highest BCUT2D eigenvalue weighted by Crippen LogP contribution is 2.26. The Morgan fingerprint density at radius 1 is 1.31 bits per heavy atom. The Morgan fingerprint density at radius 3 is 2.69 bits per heavy atom. The number of hydrogen-bond donors (Lipinski definition) is 2. The summed E-state index contributed by atoms with van der Waals surface area (Å²) in [7, 11) is -4.22. The van der Waals surface area contributed by atoms with Crippen molar-refractivity contribution in [1.29, 1.82) is 0 Å². The molecule has 3 rings (SSSR count). The van der Waals surface area contributed by atoms with Gasteiger partial charge in [0.15, 0.2) is 5.13 Å². The molecule has 1 amide bonds. The summed E-state index contributed by atoms with van der Waals surface area (Å²) in [6.45, 7) is 4.19.